The smallest absolute Gasteiger partial charge is 0.331 e. The Balaban J connectivity index is 3.13. The van der Waals surface area contributed by atoms with E-state index in [2.05, 4.69) is 11.2 Å². The fraction of sp³-hybridized carbons (Fsp3) is 0.720. The van der Waals surface area contributed by atoms with E-state index in [-0.39, 0.29) is 35.3 Å². The van der Waals surface area contributed by atoms with E-state index in [0.29, 0.717) is 6.42 Å². The Bertz CT molecular complexity index is 764. The van der Waals surface area contributed by atoms with Gasteiger partial charge in [0.25, 0.3) is 0 Å². The molecule has 3 unspecified atom stereocenters. The van der Waals surface area contributed by atoms with Gasteiger partial charge < -0.3 is 15.3 Å². The van der Waals surface area contributed by atoms with Crippen LogP contribution in [0.3, 0.4) is 0 Å². The second kappa shape index (κ2) is 11.5. The Hall–Kier alpha value is -2.33. The van der Waals surface area contributed by atoms with E-state index in [0.717, 1.165) is 19.4 Å². The van der Waals surface area contributed by atoms with Crippen molar-refractivity contribution in [2.24, 2.45) is 11.8 Å². The lowest BCUT2D eigenvalue weighted by Gasteiger charge is -2.43. The number of carbonyl (C=O) groups excluding carboxylic acids is 2. The first-order valence-corrected chi connectivity index (χ1v) is 11.5. The molecular formula is C25H41N3O4. The molecule has 2 amide bonds. The van der Waals surface area contributed by atoms with Crippen molar-refractivity contribution in [3.8, 4) is 12.3 Å². The monoisotopic (exact) mass is 447 g/mol. The molecule has 2 N–H and O–H groups in total. The van der Waals surface area contributed by atoms with Crippen molar-refractivity contribution in [2.45, 2.75) is 91.4 Å². The fourth-order valence-electron chi connectivity index (χ4n) is 4.16. The molecule has 32 heavy (non-hydrogen) atoms. The summed E-state index contributed by atoms with van der Waals surface area (Å²) >= 11 is 0. The minimum Gasteiger partial charge on any atom is -0.478 e. The third-order valence-corrected chi connectivity index (χ3v) is 6.34. The normalized spacial score (nSPS) is 19.9. The first kappa shape index (κ1) is 27.7. The Labute approximate surface area is 193 Å². The summed E-state index contributed by atoms with van der Waals surface area (Å²) in [7, 11) is 1.66. The lowest BCUT2D eigenvalue weighted by atomic mass is 9.92. The van der Waals surface area contributed by atoms with Crippen LogP contribution in [0.25, 0.3) is 0 Å². The van der Waals surface area contributed by atoms with Crippen LogP contribution in [0.4, 0.5) is 0 Å². The number of aliphatic carboxylic acids is 1. The van der Waals surface area contributed by atoms with Crippen LogP contribution in [-0.2, 0) is 14.4 Å². The van der Waals surface area contributed by atoms with Gasteiger partial charge in [0.05, 0.1) is 17.6 Å². The number of likely N-dealkylation sites (N-methyl/N-ethyl adjacent to an activating group) is 1. The summed E-state index contributed by atoms with van der Waals surface area (Å²) in [6, 6.07) is -1.50. The van der Waals surface area contributed by atoms with Crippen molar-refractivity contribution in [1.82, 2.24) is 15.1 Å². The van der Waals surface area contributed by atoms with E-state index in [1.807, 2.05) is 46.4 Å². The highest BCUT2D eigenvalue weighted by Gasteiger charge is 2.39. The van der Waals surface area contributed by atoms with Gasteiger partial charge in [0.15, 0.2) is 0 Å². The number of piperidine rings is 1. The summed E-state index contributed by atoms with van der Waals surface area (Å²) in [5.74, 6) is 1.22. The lowest BCUT2D eigenvalue weighted by molar-refractivity contribution is -0.140. The molecule has 180 valence electrons. The van der Waals surface area contributed by atoms with Gasteiger partial charge >= 0.3 is 5.97 Å². The first-order valence-electron chi connectivity index (χ1n) is 11.5. The molecule has 1 aliphatic heterocycles. The van der Waals surface area contributed by atoms with Crippen LogP contribution in [0.15, 0.2) is 11.6 Å². The van der Waals surface area contributed by atoms with Crippen LogP contribution in [0.5, 0.6) is 0 Å². The topological polar surface area (TPSA) is 90.0 Å². The summed E-state index contributed by atoms with van der Waals surface area (Å²) in [6.45, 7) is 13.8. The predicted molar refractivity (Wildman–Crippen MR) is 127 cm³/mol. The second-order valence-corrected chi connectivity index (χ2v) is 9.98. The van der Waals surface area contributed by atoms with Gasteiger partial charge in [-0.3, -0.25) is 14.5 Å². The van der Waals surface area contributed by atoms with Gasteiger partial charge in [0.2, 0.25) is 11.8 Å². The molecule has 0 aliphatic carbocycles. The number of likely N-dealkylation sites (tertiary alicyclic amines) is 1. The number of hydrogen-bond acceptors (Lipinski definition) is 4. The maximum Gasteiger partial charge on any atom is 0.331 e. The number of rotatable bonds is 9. The quantitative estimate of drug-likeness (QED) is 0.419. The summed E-state index contributed by atoms with van der Waals surface area (Å²) in [5, 5.41) is 12.2. The summed E-state index contributed by atoms with van der Waals surface area (Å²) < 4.78 is 0. The van der Waals surface area contributed by atoms with Crippen molar-refractivity contribution in [2.75, 3.05) is 13.6 Å². The first-order chi connectivity index (χ1) is 14.7. The highest BCUT2D eigenvalue weighted by atomic mass is 16.4. The highest BCUT2D eigenvalue weighted by Crippen LogP contribution is 2.26. The van der Waals surface area contributed by atoms with Crippen molar-refractivity contribution in [3.05, 3.63) is 11.6 Å². The molecule has 7 nitrogen and oxygen atoms in total. The SMILES string of the molecule is C#CC(C)(C)N1CCCCC1C(=O)NC(C(=O)N(C)C(/C=C(\C)C(=O)O)C(C)C)C(C)C. The molecule has 1 aliphatic rings. The average Bonchev–Trinajstić information content (AvgIpc) is 2.73. The molecule has 7 heteroatoms. The molecule has 0 aromatic heterocycles. The molecule has 0 spiro atoms. The van der Waals surface area contributed by atoms with Crippen LogP contribution in [0.1, 0.15) is 67.7 Å². The zero-order valence-electron chi connectivity index (χ0n) is 20.9. The number of carbonyl (C=O) groups is 3. The molecule has 0 aromatic rings. The standard InChI is InChI=1S/C25H41N3O4/c1-10-25(7,8)28-14-12-11-13-19(28)22(29)26-21(17(4)5)23(30)27(9)20(16(2)3)15-18(6)24(31)32/h1,15-17,19-21H,11-14H2,2-9H3,(H,26,29)(H,31,32)/b18-15+. The largest absolute Gasteiger partial charge is 0.478 e. The molecule has 1 rings (SSSR count). The molecular weight excluding hydrogens is 406 g/mol. The van der Waals surface area contributed by atoms with E-state index < -0.39 is 23.6 Å². The molecule has 1 heterocycles. The van der Waals surface area contributed by atoms with Gasteiger partial charge in [0.1, 0.15) is 6.04 Å². The Kier molecular flexibility index (Phi) is 9.96. The number of hydrogen-bond donors (Lipinski definition) is 2. The number of terminal acetylenes is 1. The third kappa shape index (κ3) is 6.83. The number of carboxylic acids is 1. The molecule has 3 atom stereocenters. The summed E-state index contributed by atoms with van der Waals surface area (Å²) in [4.78, 5) is 41.6. The Morgan fingerprint density at radius 2 is 1.78 bits per heavy atom. The minimum absolute atomic E-state index is 0.00651. The average molecular weight is 448 g/mol. The highest BCUT2D eigenvalue weighted by molar-refractivity contribution is 5.90. The van der Waals surface area contributed by atoms with Crippen LogP contribution in [-0.4, -0.2) is 69.9 Å². The van der Waals surface area contributed by atoms with Gasteiger partial charge in [-0.1, -0.05) is 46.1 Å². The molecule has 0 saturated carbocycles. The van der Waals surface area contributed by atoms with E-state index in [4.69, 9.17) is 6.42 Å². The van der Waals surface area contributed by atoms with Gasteiger partial charge in [0, 0.05) is 19.2 Å². The fourth-order valence-corrected chi connectivity index (χ4v) is 4.16. The zero-order valence-corrected chi connectivity index (χ0v) is 20.9. The van der Waals surface area contributed by atoms with E-state index in [1.54, 1.807) is 18.0 Å². The lowest BCUT2D eigenvalue weighted by Crippen LogP contribution is -2.61. The van der Waals surface area contributed by atoms with Gasteiger partial charge in [-0.25, -0.2) is 4.79 Å². The minimum atomic E-state index is -1.02. The number of carboxylic acid groups (broad SMARTS) is 1. The molecule has 1 saturated heterocycles. The molecule has 0 aromatic carbocycles. The number of nitrogens with one attached hydrogen (secondary N) is 1. The third-order valence-electron chi connectivity index (χ3n) is 6.34. The Morgan fingerprint density at radius 1 is 1.19 bits per heavy atom. The molecule has 0 bridgehead atoms. The van der Waals surface area contributed by atoms with Crippen molar-refractivity contribution in [1.29, 1.82) is 0 Å². The van der Waals surface area contributed by atoms with Crippen molar-refractivity contribution in [3.63, 3.8) is 0 Å². The second-order valence-electron chi connectivity index (χ2n) is 9.98. The van der Waals surface area contributed by atoms with Crippen LogP contribution in [0, 0.1) is 24.2 Å². The Morgan fingerprint density at radius 3 is 2.25 bits per heavy atom. The maximum absolute atomic E-state index is 13.4. The van der Waals surface area contributed by atoms with E-state index >= 15 is 0 Å². The van der Waals surface area contributed by atoms with Crippen molar-refractivity contribution < 1.29 is 19.5 Å². The van der Waals surface area contributed by atoms with Crippen LogP contribution < -0.4 is 5.32 Å². The molecule has 1 fully saturated rings. The summed E-state index contributed by atoms with van der Waals surface area (Å²) in [6.07, 6.45) is 9.94. The van der Waals surface area contributed by atoms with Gasteiger partial charge in [-0.15, -0.1) is 6.42 Å². The molecule has 0 radical (unpaired) electrons. The number of nitrogens with zero attached hydrogens (tertiary/aromatic N) is 2. The van der Waals surface area contributed by atoms with Crippen LogP contribution >= 0.6 is 0 Å². The number of amides is 2. The maximum atomic E-state index is 13.4. The van der Waals surface area contributed by atoms with Crippen molar-refractivity contribution >= 4 is 17.8 Å². The van der Waals surface area contributed by atoms with E-state index in [9.17, 15) is 19.5 Å². The zero-order chi connectivity index (χ0) is 24.8. The predicted octanol–water partition coefficient (Wildman–Crippen LogP) is 2.91. The van der Waals surface area contributed by atoms with Gasteiger partial charge in [-0.2, -0.15) is 0 Å². The van der Waals surface area contributed by atoms with E-state index in [1.165, 1.54) is 6.92 Å². The van der Waals surface area contributed by atoms with Crippen LogP contribution in [0.2, 0.25) is 0 Å². The van der Waals surface area contributed by atoms with Gasteiger partial charge in [-0.05, 0) is 45.4 Å². The summed E-state index contributed by atoms with van der Waals surface area (Å²) in [5.41, 5.74) is -0.374.